The maximum atomic E-state index is 12.5. The van der Waals surface area contributed by atoms with Gasteiger partial charge in [-0.3, -0.25) is 4.79 Å². The molecule has 1 heterocycles. The van der Waals surface area contributed by atoms with Crippen molar-refractivity contribution in [1.82, 2.24) is 25.5 Å². The topological polar surface area (TPSA) is 72.7 Å². The number of hydrogen-bond donors (Lipinski definition) is 1. The Balaban J connectivity index is 1.68. The number of carbonyl (C=O) groups is 1. The summed E-state index contributed by atoms with van der Waals surface area (Å²) in [6.45, 7) is 6.32. The lowest BCUT2D eigenvalue weighted by atomic mass is 10.1. The van der Waals surface area contributed by atoms with Crippen molar-refractivity contribution < 1.29 is 4.79 Å². The average molecular weight is 402 g/mol. The highest BCUT2D eigenvalue weighted by atomic mass is 35.5. The SMILES string of the molecule is Cc1cccc(C)c1-n1nnnc1SC(C)C(=O)NCc1ccc(Cl)cc1. The van der Waals surface area contributed by atoms with Crippen LogP contribution in [0.5, 0.6) is 0 Å². The molecular weight excluding hydrogens is 382 g/mol. The molecule has 0 aliphatic rings. The molecule has 1 aromatic heterocycles. The van der Waals surface area contributed by atoms with E-state index in [0.717, 1.165) is 22.4 Å². The number of nitrogens with zero attached hydrogens (tertiary/aromatic N) is 4. The third kappa shape index (κ3) is 4.67. The summed E-state index contributed by atoms with van der Waals surface area (Å²) in [7, 11) is 0. The van der Waals surface area contributed by atoms with Crippen LogP contribution < -0.4 is 5.32 Å². The lowest BCUT2D eigenvalue weighted by Gasteiger charge is -2.14. The Bertz CT molecular complexity index is 921. The van der Waals surface area contributed by atoms with Crippen LogP contribution in [0.1, 0.15) is 23.6 Å². The Morgan fingerprint density at radius 2 is 1.85 bits per heavy atom. The van der Waals surface area contributed by atoms with E-state index in [1.54, 1.807) is 16.8 Å². The van der Waals surface area contributed by atoms with E-state index in [1.807, 2.05) is 51.1 Å². The smallest absolute Gasteiger partial charge is 0.233 e. The summed E-state index contributed by atoms with van der Waals surface area (Å²) >= 11 is 7.21. The molecule has 0 aliphatic heterocycles. The molecule has 3 rings (SSSR count). The Hall–Kier alpha value is -2.38. The van der Waals surface area contributed by atoms with Crippen molar-refractivity contribution in [3.63, 3.8) is 0 Å². The standard InChI is InChI=1S/C19H20ClN5OS/c1-12-5-4-6-13(2)17(12)25-19(22-23-24-25)27-14(3)18(26)21-11-15-7-9-16(20)10-8-15/h4-10,14H,11H2,1-3H3,(H,21,26). The molecule has 3 aromatic rings. The van der Waals surface area contributed by atoms with E-state index in [9.17, 15) is 4.79 Å². The molecule has 27 heavy (non-hydrogen) atoms. The third-order valence-electron chi connectivity index (χ3n) is 4.12. The maximum absolute atomic E-state index is 12.5. The van der Waals surface area contributed by atoms with Crippen molar-refractivity contribution >= 4 is 29.3 Å². The summed E-state index contributed by atoms with van der Waals surface area (Å²) in [6.07, 6.45) is 0. The number of hydrogen-bond acceptors (Lipinski definition) is 5. The van der Waals surface area contributed by atoms with Gasteiger partial charge in [0.2, 0.25) is 11.1 Å². The highest BCUT2D eigenvalue weighted by Gasteiger charge is 2.20. The Morgan fingerprint density at radius 3 is 2.52 bits per heavy atom. The number of thioether (sulfide) groups is 1. The van der Waals surface area contributed by atoms with Gasteiger partial charge in [-0.05, 0) is 60.0 Å². The number of halogens is 1. The molecule has 0 aliphatic carbocycles. The van der Waals surface area contributed by atoms with Gasteiger partial charge in [0, 0.05) is 11.6 Å². The Labute approximate surface area is 167 Å². The predicted octanol–water partition coefficient (Wildman–Crippen LogP) is 3.73. The number of tetrazole rings is 1. The van der Waals surface area contributed by atoms with Gasteiger partial charge < -0.3 is 5.32 Å². The van der Waals surface area contributed by atoms with Crippen molar-refractivity contribution in [2.45, 2.75) is 37.7 Å². The molecule has 8 heteroatoms. The first kappa shape index (κ1) is 19.4. The second kappa shape index (κ2) is 8.54. The number of rotatable bonds is 6. The normalized spacial score (nSPS) is 12.0. The van der Waals surface area contributed by atoms with Crippen LogP contribution in [-0.4, -0.2) is 31.4 Å². The van der Waals surface area contributed by atoms with Gasteiger partial charge in [0.25, 0.3) is 0 Å². The highest BCUT2D eigenvalue weighted by Crippen LogP contribution is 2.26. The number of para-hydroxylation sites is 1. The number of aromatic nitrogens is 4. The zero-order chi connectivity index (χ0) is 19.4. The van der Waals surface area contributed by atoms with E-state index in [1.165, 1.54) is 11.8 Å². The first-order chi connectivity index (χ1) is 13.0. The molecule has 2 aromatic carbocycles. The zero-order valence-corrected chi connectivity index (χ0v) is 16.9. The summed E-state index contributed by atoms with van der Waals surface area (Å²) in [5.41, 5.74) is 4.08. The number of benzene rings is 2. The van der Waals surface area contributed by atoms with Crippen LogP contribution >= 0.6 is 23.4 Å². The average Bonchev–Trinajstić information content (AvgIpc) is 3.08. The summed E-state index contributed by atoms with van der Waals surface area (Å²) in [5, 5.41) is 15.8. The van der Waals surface area contributed by atoms with Crippen LogP contribution in [0.2, 0.25) is 5.02 Å². The van der Waals surface area contributed by atoms with Gasteiger partial charge >= 0.3 is 0 Å². The first-order valence-electron chi connectivity index (χ1n) is 8.49. The van der Waals surface area contributed by atoms with Gasteiger partial charge in [0.15, 0.2) is 0 Å². The van der Waals surface area contributed by atoms with E-state index in [0.29, 0.717) is 16.7 Å². The first-order valence-corrected chi connectivity index (χ1v) is 9.75. The molecule has 1 atom stereocenters. The van der Waals surface area contributed by atoms with Crippen LogP contribution in [0.3, 0.4) is 0 Å². The Morgan fingerprint density at radius 1 is 1.19 bits per heavy atom. The third-order valence-corrected chi connectivity index (χ3v) is 5.41. The second-order valence-corrected chi connectivity index (χ2v) is 7.96. The van der Waals surface area contributed by atoms with Crippen molar-refractivity contribution in [3.05, 3.63) is 64.2 Å². The fraction of sp³-hybridized carbons (Fsp3) is 0.263. The molecule has 0 spiro atoms. The molecule has 0 fully saturated rings. The van der Waals surface area contributed by atoms with Crippen LogP contribution in [0.4, 0.5) is 0 Å². The van der Waals surface area contributed by atoms with Crippen molar-refractivity contribution in [2.75, 3.05) is 0 Å². The van der Waals surface area contributed by atoms with Crippen molar-refractivity contribution in [3.8, 4) is 5.69 Å². The minimum Gasteiger partial charge on any atom is -0.351 e. The largest absolute Gasteiger partial charge is 0.351 e. The molecule has 1 N–H and O–H groups in total. The molecule has 0 bridgehead atoms. The highest BCUT2D eigenvalue weighted by molar-refractivity contribution is 8.00. The molecule has 6 nitrogen and oxygen atoms in total. The maximum Gasteiger partial charge on any atom is 0.233 e. The van der Waals surface area contributed by atoms with E-state index in [-0.39, 0.29) is 11.2 Å². The van der Waals surface area contributed by atoms with Crippen molar-refractivity contribution in [2.24, 2.45) is 0 Å². The van der Waals surface area contributed by atoms with Crippen LogP contribution in [0.15, 0.2) is 47.6 Å². The van der Waals surface area contributed by atoms with Gasteiger partial charge in [-0.15, -0.1) is 5.10 Å². The number of aryl methyl sites for hydroxylation is 2. The molecule has 1 unspecified atom stereocenters. The molecule has 0 saturated carbocycles. The summed E-state index contributed by atoms with van der Waals surface area (Å²) < 4.78 is 1.69. The zero-order valence-electron chi connectivity index (χ0n) is 15.3. The second-order valence-electron chi connectivity index (χ2n) is 6.22. The molecule has 1 amide bonds. The number of nitrogens with one attached hydrogen (secondary N) is 1. The summed E-state index contributed by atoms with van der Waals surface area (Å²) in [5.74, 6) is -0.0778. The number of amides is 1. The van der Waals surface area contributed by atoms with Crippen molar-refractivity contribution in [1.29, 1.82) is 0 Å². The lowest BCUT2D eigenvalue weighted by molar-refractivity contribution is -0.120. The van der Waals surface area contributed by atoms with E-state index >= 15 is 0 Å². The molecular formula is C19H20ClN5OS. The van der Waals surface area contributed by atoms with E-state index in [2.05, 4.69) is 20.8 Å². The fourth-order valence-electron chi connectivity index (χ4n) is 2.68. The van der Waals surface area contributed by atoms with Gasteiger partial charge in [-0.25, -0.2) is 0 Å². The number of carbonyl (C=O) groups excluding carboxylic acids is 1. The molecule has 0 saturated heterocycles. The predicted molar refractivity (Wildman–Crippen MR) is 107 cm³/mol. The van der Waals surface area contributed by atoms with E-state index in [4.69, 9.17) is 11.6 Å². The summed E-state index contributed by atoms with van der Waals surface area (Å²) in [4.78, 5) is 12.5. The summed E-state index contributed by atoms with van der Waals surface area (Å²) in [6, 6.07) is 13.4. The molecule has 0 radical (unpaired) electrons. The van der Waals surface area contributed by atoms with E-state index < -0.39 is 0 Å². The lowest BCUT2D eigenvalue weighted by Crippen LogP contribution is -2.30. The monoisotopic (exact) mass is 401 g/mol. The fourth-order valence-corrected chi connectivity index (χ4v) is 3.62. The van der Waals surface area contributed by atoms with Gasteiger partial charge in [-0.2, -0.15) is 4.68 Å². The van der Waals surface area contributed by atoms with Crippen LogP contribution in [0, 0.1) is 13.8 Å². The van der Waals surface area contributed by atoms with Gasteiger partial charge in [0.1, 0.15) is 0 Å². The van der Waals surface area contributed by atoms with Gasteiger partial charge in [0.05, 0.1) is 10.9 Å². The van der Waals surface area contributed by atoms with Gasteiger partial charge in [-0.1, -0.05) is 53.7 Å². The minimum atomic E-state index is -0.341. The molecule has 140 valence electrons. The Kier molecular flexibility index (Phi) is 6.13. The quantitative estimate of drug-likeness (QED) is 0.637. The van der Waals surface area contributed by atoms with Crippen LogP contribution in [-0.2, 0) is 11.3 Å². The van der Waals surface area contributed by atoms with Crippen LogP contribution in [0.25, 0.3) is 5.69 Å². The minimum absolute atomic E-state index is 0.0778.